The van der Waals surface area contributed by atoms with Crippen LogP contribution in [0.15, 0.2) is 30.3 Å². The fourth-order valence-corrected chi connectivity index (χ4v) is 2.20. The zero-order valence-corrected chi connectivity index (χ0v) is 10.4. The van der Waals surface area contributed by atoms with Crippen LogP contribution in [0.2, 0.25) is 0 Å². The summed E-state index contributed by atoms with van der Waals surface area (Å²) in [6, 6.07) is 10.8. The largest absolute Gasteiger partial charge is 0.303 e. The summed E-state index contributed by atoms with van der Waals surface area (Å²) < 4.78 is 0. The lowest BCUT2D eigenvalue weighted by Gasteiger charge is -2.19. The average Bonchev–Trinajstić information content (AvgIpc) is 3.13. The number of benzene rings is 1. The lowest BCUT2D eigenvalue weighted by molar-refractivity contribution is 0.273. The van der Waals surface area contributed by atoms with E-state index in [1.807, 2.05) is 0 Å². The molecule has 1 aromatic rings. The number of hydrogen-bond donors (Lipinski definition) is 0. The molecule has 0 atom stereocenters. The molecule has 0 radical (unpaired) electrons. The minimum Gasteiger partial charge on any atom is -0.303 e. The highest BCUT2D eigenvalue weighted by atomic mass is 15.1. The van der Waals surface area contributed by atoms with Gasteiger partial charge in [-0.05, 0) is 50.3 Å². The molecule has 1 saturated carbocycles. The van der Waals surface area contributed by atoms with E-state index in [2.05, 4.69) is 42.2 Å². The first-order valence-electron chi connectivity index (χ1n) is 6.64. The Kier molecular flexibility index (Phi) is 4.41. The number of hydrogen-bond acceptors (Lipinski definition) is 1. The van der Waals surface area contributed by atoms with Crippen LogP contribution in [0.1, 0.15) is 31.7 Å². The Morgan fingerprint density at radius 3 is 2.56 bits per heavy atom. The fourth-order valence-electron chi connectivity index (χ4n) is 2.20. The molecule has 88 valence electrons. The molecule has 0 heterocycles. The van der Waals surface area contributed by atoms with Crippen LogP contribution >= 0.6 is 0 Å². The van der Waals surface area contributed by atoms with Crippen molar-refractivity contribution in [3.8, 4) is 0 Å². The summed E-state index contributed by atoms with van der Waals surface area (Å²) in [5.41, 5.74) is 1.48. The number of rotatable bonds is 7. The van der Waals surface area contributed by atoms with Crippen molar-refractivity contribution in [3.63, 3.8) is 0 Å². The SMILES string of the molecule is CCN(CCCc1ccccc1)CC1CC1. The molecule has 1 aliphatic carbocycles. The molecule has 1 aromatic carbocycles. The standard InChI is InChI=1S/C15H23N/c1-2-16(13-15-10-11-15)12-6-9-14-7-4-3-5-8-14/h3-5,7-8,15H,2,6,9-13H2,1H3. The lowest BCUT2D eigenvalue weighted by atomic mass is 10.1. The normalized spacial score (nSPS) is 15.6. The zero-order valence-electron chi connectivity index (χ0n) is 10.4. The Balaban J connectivity index is 1.65. The van der Waals surface area contributed by atoms with Gasteiger partial charge in [0, 0.05) is 6.54 Å². The first-order valence-corrected chi connectivity index (χ1v) is 6.64. The summed E-state index contributed by atoms with van der Waals surface area (Å²) in [5.74, 6) is 1.02. The Bertz CT molecular complexity index is 290. The van der Waals surface area contributed by atoms with E-state index in [0.29, 0.717) is 0 Å². The Labute approximate surface area is 99.5 Å². The van der Waals surface area contributed by atoms with Gasteiger partial charge in [0.1, 0.15) is 0 Å². The van der Waals surface area contributed by atoms with Crippen LogP contribution in [0.25, 0.3) is 0 Å². The molecule has 1 aliphatic rings. The molecule has 0 spiro atoms. The molecule has 2 rings (SSSR count). The Morgan fingerprint density at radius 1 is 1.19 bits per heavy atom. The van der Waals surface area contributed by atoms with E-state index < -0.39 is 0 Å². The van der Waals surface area contributed by atoms with Gasteiger partial charge < -0.3 is 4.90 Å². The van der Waals surface area contributed by atoms with E-state index >= 15 is 0 Å². The lowest BCUT2D eigenvalue weighted by Crippen LogP contribution is -2.27. The molecular weight excluding hydrogens is 194 g/mol. The molecule has 0 bridgehead atoms. The predicted octanol–water partition coefficient (Wildman–Crippen LogP) is 3.35. The van der Waals surface area contributed by atoms with Gasteiger partial charge in [0.2, 0.25) is 0 Å². The van der Waals surface area contributed by atoms with Gasteiger partial charge >= 0.3 is 0 Å². The minimum atomic E-state index is 1.02. The van der Waals surface area contributed by atoms with E-state index in [4.69, 9.17) is 0 Å². The molecule has 0 aliphatic heterocycles. The van der Waals surface area contributed by atoms with Crippen LogP contribution in [0.3, 0.4) is 0 Å². The van der Waals surface area contributed by atoms with Crippen LogP contribution in [0.4, 0.5) is 0 Å². The molecule has 0 saturated heterocycles. The van der Waals surface area contributed by atoms with Crippen LogP contribution in [-0.2, 0) is 6.42 Å². The highest BCUT2D eigenvalue weighted by Gasteiger charge is 2.23. The third kappa shape index (κ3) is 3.97. The van der Waals surface area contributed by atoms with E-state index in [-0.39, 0.29) is 0 Å². The Morgan fingerprint density at radius 2 is 1.94 bits per heavy atom. The van der Waals surface area contributed by atoms with Crippen molar-refractivity contribution in [2.75, 3.05) is 19.6 Å². The topological polar surface area (TPSA) is 3.24 Å². The smallest absolute Gasteiger partial charge is 0.000954 e. The molecular formula is C15H23N. The first kappa shape index (κ1) is 11.7. The number of nitrogens with zero attached hydrogens (tertiary/aromatic N) is 1. The van der Waals surface area contributed by atoms with Gasteiger partial charge in [-0.25, -0.2) is 0 Å². The average molecular weight is 217 g/mol. The molecule has 1 fully saturated rings. The van der Waals surface area contributed by atoms with Crippen LogP contribution in [0, 0.1) is 5.92 Å². The van der Waals surface area contributed by atoms with Crippen molar-refractivity contribution in [3.05, 3.63) is 35.9 Å². The molecule has 1 nitrogen and oxygen atoms in total. The third-order valence-electron chi connectivity index (χ3n) is 3.44. The molecule has 0 amide bonds. The summed E-state index contributed by atoms with van der Waals surface area (Å²) in [6.45, 7) is 6.10. The van der Waals surface area contributed by atoms with Gasteiger partial charge in [0.15, 0.2) is 0 Å². The summed E-state index contributed by atoms with van der Waals surface area (Å²) in [4.78, 5) is 2.61. The van der Waals surface area contributed by atoms with E-state index in [1.165, 1.54) is 50.9 Å². The monoisotopic (exact) mass is 217 g/mol. The summed E-state index contributed by atoms with van der Waals surface area (Å²) in [6.07, 6.45) is 5.46. The van der Waals surface area contributed by atoms with E-state index in [0.717, 1.165) is 5.92 Å². The molecule has 0 N–H and O–H groups in total. The maximum Gasteiger partial charge on any atom is 0.000954 e. The summed E-state index contributed by atoms with van der Waals surface area (Å²) in [5, 5.41) is 0. The van der Waals surface area contributed by atoms with Crippen molar-refractivity contribution >= 4 is 0 Å². The van der Waals surface area contributed by atoms with Gasteiger partial charge in [-0.1, -0.05) is 37.3 Å². The van der Waals surface area contributed by atoms with Crippen molar-refractivity contribution in [1.82, 2.24) is 4.90 Å². The Hall–Kier alpha value is -0.820. The third-order valence-corrected chi connectivity index (χ3v) is 3.44. The maximum atomic E-state index is 2.61. The molecule has 16 heavy (non-hydrogen) atoms. The minimum absolute atomic E-state index is 1.02. The van der Waals surface area contributed by atoms with Gasteiger partial charge in [-0.15, -0.1) is 0 Å². The predicted molar refractivity (Wildman–Crippen MR) is 69.6 cm³/mol. The molecule has 0 aromatic heterocycles. The van der Waals surface area contributed by atoms with Crippen molar-refractivity contribution in [2.45, 2.75) is 32.6 Å². The highest BCUT2D eigenvalue weighted by Crippen LogP contribution is 2.29. The maximum absolute atomic E-state index is 2.61. The van der Waals surface area contributed by atoms with E-state index in [9.17, 15) is 0 Å². The van der Waals surface area contributed by atoms with Gasteiger partial charge in [0.05, 0.1) is 0 Å². The van der Waals surface area contributed by atoms with Crippen LogP contribution in [-0.4, -0.2) is 24.5 Å². The van der Waals surface area contributed by atoms with Gasteiger partial charge in [-0.3, -0.25) is 0 Å². The second-order valence-corrected chi connectivity index (χ2v) is 4.93. The zero-order chi connectivity index (χ0) is 11.2. The number of aryl methyl sites for hydroxylation is 1. The van der Waals surface area contributed by atoms with Crippen LogP contribution < -0.4 is 0 Å². The molecule has 0 unspecified atom stereocenters. The highest BCUT2D eigenvalue weighted by molar-refractivity contribution is 5.14. The van der Waals surface area contributed by atoms with Crippen molar-refractivity contribution in [1.29, 1.82) is 0 Å². The first-order chi connectivity index (χ1) is 7.88. The fraction of sp³-hybridized carbons (Fsp3) is 0.600. The van der Waals surface area contributed by atoms with Crippen molar-refractivity contribution < 1.29 is 0 Å². The summed E-state index contributed by atoms with van der Waals surface area (Å²) in [7, 11) is 0. The summed E-state index contributed by atoms with van der Waals surface area (Å²) >= 11 is 0. The van der Waals surface area contributed by atoms with Crippen LogP contribution in [0.5, 0.6) is 0 Å². The van der Waals surface area contributed by atoms with E-state index in [1.54, 1.807) is 0 Å². The quantitative estimate of drug-likeness (QED) is 0.677. The van der Waals surface area contributed by atoms with Gasteiger partial charge in [0.25, 0.3) is 0 Å². The van der Waals surface area contributed by atoms with Gasteiger partial charge in [-0.2, -0.15) is 0 Å². The second-order valence-electron chi connectivity index (χ2n) is 4.93. The van der Waals surface area contributed by atoms with Crippen molar-refractivity contribution in [2.24, 2.45) is 5.92 Å². The molecule has 1 heteroatoms. The second kappa shape index (κ2) is 6.05.